The highest BCUT2D eigenvalue weighted by Crippen LogP contribution is 2.25. The van der Waals surface area contributed by atoms with Crippen LogP contribution in [-0.4, -0.2) is 48.1 Å². The summed E-state index contributed by atoms with van der Waals surface area (Å²) in [7, 11) is 4.17. The molecule has 1 aliphatic rings. The Kier molecular flexibility index (Phi) is 3.33. The Balaban J connectivity index is 2.19. The molecule has 1 fully saturated rings. The second kappa shape index (κ2) is 4.75. The molecule has 6 nitrogen and oxygen atoms in total. The lowest BCUT2D eigenvalue weighted by atomic mass is 10.2. The van der Waals surface area contributed by atoms with Crippen molar-refractivity contribution in [3.8, 4) is 0 Å². The van der Waals surface area contributed by atoms with E-state index in [1.165, 1.54) is 12.8 Å². The monoisotopic (exact) mass is 236 g/mol. The van der Waals surface area contributed by atoms with Crippen LogP contribution in [0.15, 0.2) is 6.07 Å². The summed E-state index contributed by atoms with van der Waals surface area (Å²) in [5, 5.41) is 0. The van der Waals surface area contributed by atoms with Crippen LogP contribution in [-0.2, 0) is 0 Å². The van der Waals surface area contributed by atoms with Crippen molar-refractivity contribution in [3.05, 3.63) is 6.07 Å². The molecule has 94 valence electrons. The van der Waals surface area contributed by atoms with E-state index >= 15 is 0 Å². The number of likely N-dealkylation sites (N-methyl/N-ethyl adjacent to an activating group) is 1. The Labute approximate surface area is 102 Å². The molecule has 1 saturated heterocycles. The molecule has 2 heterocycles. The van der Waals surface area contributed by atoms with E-state index in [0.29, 0.717) is 11.9 Å². The molecule has 0 radical (unpaired) electrons. The largest absolute Gasteiger partial charge is 0.383 e. The third-order valence-corrected chi connectivity index (χ3v) is 3.00. The van der Waals surface area contributed by atoms with Crippen LogP contribution < -0.4 is 16.4 Å². The van der Waals surface area contributed by atoms with Crippen molar-refractivity contribution in [2.75, 3.05) is 43.6 Å². The van der Waals surface area contributed by atoms with E-state index < -0.39 is 0 Å². The number of aromatic nitrogens is 2. The Morgan fingerprint density at radius 3 is 2.82 bits per heavy atom. The number of hydrogen-bond acceptors (Lipinski definition) is 6. The summed E-state index contributed by atoms with van der Waals surface area (Å²) in [5.41, 5.74) is 11.3. The van der Waals surface area contributed by atoms with Crippen LogP contribution in [0.4, 0.5) is 17.6 Å². The van der Waals surface area contributed by atoms with Gasteiger partial charge in [-0.15, -0.1) is 0 Å². The fraction of sp³-hybridized carbons (Fsp3) is 0.636. The lowest BCUT2D eigenvalue weighted by Gasteiger charge is -2.28. The predicted molar refractivity (Wildman–Crippen MR) is 69.8 cm³/mol. The van der Waals surface area contributed by atoms with Gasteiger partial charge in [0.15, 0.2) is 0 Å². The van der Waals surface area contributed by atoms with Crippen LogP contribution in [0.5, 0.6) is 0 Å². The molecule has 4 N–H and O–H groups in total. The van der Waals surface area contributed by atoms with Gasteiger partial charge in [0.05, 0.1) is 0 Å². The van der Waals surface area contributed by atoms with Gasteiger partial charge in [0.25, 0.3) is 0 Å². The van der Waals surface area contributed by atoms with Crippen molar-refractivity contribution in [2.24, 2.45) is 0 Å². The van der Waals surface area contributed by atoms with Gasteiger partial charge in [-0.1, -0.05) is 0 Å². The highest BCUT2D eigenvalue weighted by molar-refractivity contribution is 5.51. The predicted octanol–water partition coefficient (Wildman–Crippen LogP) is 0.171. The van der Waals surface area contributed by atoms with Crippen molar-refractivity contribution in [1.29, 1.82) is 0 Å². The second-order valence-corrected chi connectivity index (χ2v) is 4.76. The first-order chi connectivity index (χ1) is 8.06. The molecule has 0 bridgehead atoms. The zero-order valence-corrected chi connectivity index (χ0v) is 10.4. The van der Waals surface area contributed by atoms with Gasteiger partial charge in [0.1, 0.15) is 11.6 Å². The van der Waals surface area contributed by atoms with Crippen molar-refractivity contribution >= 4 is 17.6 Å². The first kappa shape index (κ1) is 11.9. The van der Waals surface area contributed by atoms with Crippen molar-refractivity contribution < 1.29 is 0 Å². The van der Waals surface area contributed by atoms with E-state index in [1.54, 1.807) is 6.07 Å². The Morgan fingerprint density at radius 1 is 1.41 bits per heavy atom. The number of hydrogen-bond donors (Lipinski definition) is 2. The van der Waals surface area contributed by atoms with Crippen LogP contribution in [0, 0.1) is 0 Å². The van der Waals surface area contributed by atoms with Gasteiger partial charge in [0, 0.05) is 25.2 Å². The highest BCUT2D eigenvalue weighted by atomic mass is 15.3. The van der Waals surface area contributed by atoms with Crippen LogP contribution in [0.3, 0.4) is 0 Å². The summed E-state index contributed by atoms with van der Waals surface area (Å²) >= 11 is 0. The summed E-state index contributed by atoms with van der Waals surface area (Å²) in [6.07, 6.45) is 2.37. The molecule has 0 amide bonds. The third kappa shape index (κ3) is 2.76. The van der Waals surface area contributed by atoms with E-state index in [9.17, 15) is 0 Å². The van der Waals surface area contributed by atoms with Gasteiger partial charge < -0.3 is 21.3 Å². The van der Waals surface area contributed by atoms with Gasteiger partial charge in [0.2, 0.25) is 5.95 Å². The summed E-state index contributed by atoms with van der Waals surface area (Å²) in [6, 6.07) is 2.28. The Bertz CT molecular complexity index is 371. The lowest BCUT2D eigenvalue weighted by Crippen LogP contribution is -2.38. The topological polar surface area (TPSA) is 84.3 Å². The minimum absolute atomic E-state index is 0.246. The number of nitrogens with zero attached hydrogens (tertiary/aromatic N) is 4. The molecular weight excluding hydrogens is 216 g/mol. The highest BCUT2D eigenvalue weighted by Gasteiger charge is 2.26. The average Bonchev–Trinajstić information content (AvgIpc) is 2.63. The average molecular weight is 236 g/mol. The van der Waals surface area contributed by atoms with Crippen molar-refractivity contribution in [3.63, 3.8) is 0 Å². The standard InChI is InChI=1S/C11H20N6/c1-16(2)7-8-4-3-5-17(8)10-6-9(12)14-11(13)15-10/h6,8H,3-5,7H2,1-2H3,(H4,12,13,14,15). The maximum Gasteiger partial charge on any atom is 0.223 e. The molecule has 1 aromatic rings. The van der Waals surface area contributed by atoms with E-state index in [4.69, 9.17) is 11.5 Å². The molecule has 6 heteroatoms. The molecule has 1 aromatic heterocycles. The molecule has 1 unspecified atom stereocenters. The van der Waals surface area contributed by atoms with E-state index in [2.05, 4.69) is 33.9 Å². The minimum atomic E-state index is 0.246. The summed E-state index contributed by atoms with van der Waals surface area (Å²) in [6.45, 7) is 2.03. The van der Waals surface area contributed by atoms with Crippen molar-refractivity contribution in [2.45, 2.75) is 18.9 Å². The van der Waals surface area contributed by atoms with Gasteiger partial charge in [-0.2, -0.15) is 9.97 Å². The maximum atomic E-state index is 5.71. The SMILES string of the molecule is CN(C)CC1CCCN1c1cc(N)nc(N)n1. The van der Waals surface area contributed by atoms with Crippen LogP contribution in [0.2, 0.25) is 0 Å². The smallest absolute Gasteiger partial charge is 0.223 e. The quantitative estimate of drug-likeness (QED) is 0.778. The second-order valence-electron chi connectivity index (χ2n) is 4.76. The van der Waals surface area contributed by atoms with Gasteiger partial charge in [-0.25, -0.2) is 0 Å². The molecule has 1 atom stereocenters. The third-order valence-electron chi connectivity index (χ3n) is 3.00. The fourth-order valence-electron chi connectivity index (χ4n) is 2.37. The molecule has 0 aliphatic carbocycles. The number of nitrogen functional groups attached to an aromatic ring is 2. The molecule has 1 aliphatic heterocycles. The van der Waals surface area contributed by atoms with E-state index in [0.717, 1.165) is 18.9 Å². The fourth-order valence-corrected chi connectivity index (χ4v) is 2.37. The molecule has 0 saturated carbocycles. The van der Waals surface area contributed by atoms with Gasteiger partial charge in [-0.3, -0.25) is 0 Å². The lowest BCUT2D eigenvalue weighted by molar-refractivity contribution is 0.371. The first-order valence-corrected chi connectivity index (χ1v) is 5.87. The van der Waals surface area contributed by atoms with E-state index in [1.807, 2.05) is 0 Å². The molecule has 0 spiro atoms. The molecule has 2 rings (SSSR count). The minimum Gasteiger partial charge on any atom is -0.383 e. The van der Waals surface area contributed by atoms with Crippen molar-refractivity contribution in [1.82, 2.24) is 14.9 Å². The molecule has 0 aromatic carbocycles. The summed E-state index contributed by atoms with van der Waals surface area (Å²) < 4.78 is 0. The molecule has 17 heavy (non-hydrogen) atoms. The zero-order valence-electron chi connectivity index (χ0n) is 10.4. The number of rotatable bonds is 3. The summed E-state index contributed by atoms with van der Waals surface area (Å²) in [4.78, 5) is 12.6. The van der Waals surface area contributed by atoms with Crippen LogP contribution in [0.1, 0.15) is 12.8 Å². The van der Waals surface area contributed by atoms with E-state index in [-0.39, 0.29) is 5.95 Å². The number of anilines is 3. The van der Waals surface area contributed by atoms with Gasteiger partial charge in [-0.05, 0) is 26.9 Å². The summed E-state index contributed by atoms with van der Waals surface area (Å²) in [5.74, 6) is 1.53. The Morgan fingerprint density at radius 2 is 2.18 bits per heavy atom. The van der Waals surface area contributed by atoms with Gasteiger partial charge >= 0.3 is 0 Å². The zero-order chi connectivity index (χ0) is 12.4. The van der Waals surface area contributed by atoms with Crippen LogP contribution in [0.25, 0.3) is 0 Å². The molecular formula is C11H20N6. The number of nitrogens with two attached hydrogens (primary N) is 2. The maximum absolute atomic E-state index is 5.71. The normalized spacial score (nSPS) is 20.2. The van der Waals surface area contributed by atoms with Crippen LogP contribution >= 0.6 is 0 Å². The first-order valence-electron chi connectivity index (χ1n) is 5.87. The Hall–Kier alpha value is -1.56.